The standard InChI is InChI=1S/C17H15F2N3O/c1-22-10-21-15-8-11(2-5-16(15)22)6-7-20-17(23)12-3-4-13(18)14(19)9-12/h2-5,8-10H,6-7H2,1H3,(H,20,23). The molecule has 2 aromatic carbocycles. The van der Waals surface area contributed by atoms with Gasteiger partial charge in [0.05, 0.1) is 17.4 Å². The molecule has 0 unspecified atom stereocenters. The monoisotopic (exact) mass is 315 g/mol. The van der Waals surface area contributed by atoms with E-state index in [1.807, 2.05) is 29.8 Å². The number of aromatic nitrogens is 2. The zero-order chi connectivity index (χ0) is 16.4. The number of benzene rings is 2. The number of amides is 1. The minimum atomic E-state index is -1.03. The van der Waals surface area contributed by atoms with Crippen LogP contribution in [0.2, 0.25) is 0 Å². The van der Waals surface area contributed by atoms with Crippen molar-refractivity contribution in [3.63, 3.8) is 0 Å². The topological polar surface area (TPSA) is 46.9 Å². The second-order valence-electron chi connectivity index (χ2n) is 5.31. The number of fused-ring (bicyclic) bond motifs is 1. The predicted molar refractivity (Wildman–Crippen MR) is 83.1 cm³/mol. The Morgan fingerprint density at radius 3 is 2.78 bits per heavy atom. The molecule has 0 aliphatic heterocycles. The normalized spacial score (nSPS) is 10.9. The molecular weight excluding hydrogens is 300 g/mol. The van der Waals surface area contributed by atoms with E-state index >= 15 is 0 Å². The first-order chi connectivity index (χ1) is 11.0. The third-order valence-electron chi connectivity index (χ3n) is 3.67. The highest BCUT2D eigenvalue weighted by atomic mass is 19.2. The molecule has 1 N–H and O–H groups in total. The van der Waals surface area contributed by atoms with Crippen molar-refractivity contribution in [2.75, 3.05) is 6.54 Å². The van der Waals surface area contributed by atoms with Gasteiger partial charge in [-0.1, -0.05) is 6.07 Å². The molecule has 118 valence electrons. The maximum Gasteiger partial charge on any atom is 0.251 e. The van der Waals surface area contributed by atoms with Crippen molar-refractivity contribution in [2.45, 2.75) is 6.42 Å². The van der Waals surface area contributed by atoms with Gasteiger partial charge < -0.3 is 9.88 Å². The smallest absolute Gasteiger partial charge is 0.251 e. The number of nitrogens with one attached hydrogen (secondary N) is 1. The van der Waals surface area contributed by atoms with E-state index in [2.05, 4.69) is 10.3 Å². The summed E-state index contributed by atoms with van der Waals surface area (Å²) < 4.78 is 27.9. The Morgan fingerprint density at radius 2 is 2.00 bits per heavy atom. The lowest BCUT2D eigenvalue weighted by molar-refractivity contribution is 0.0953. The Morgan fingerprint density at radius 1 is 1.17 bits per heavy atom. The van der Waals surface area contributed by atoms with Gasteiger partial charge in [-0.15, -0.1) is 0 Å². The first-order valence-electron chi connectivity index (χ1n) is 7.18. The van der Waals surface area contributed by atoms with E-state index in [0.717, 1.165) is 28.7 Å². The van der Waals surface area contributed by atoms with Crippen molar-refractivity contribution in [3.8, 4) is 0 Å². The lowest BCUT2D eigenvalue weighted by atomic mass is 10.1. The van der Waals surface area contributed by atoms with Gasteiger partial charge in [0.1, 0.15) is 0 Å². The van der Waals surface area contributed by atoms with Gasteiger partial charge in [-0.3, -0.25) is 4.79 Å². The maximum atomic E-state index is 13.1. The van der Waals surface area contributed by atoms with Crippen LogP contribution in [0.4, 0.5) is 8.78 Å². The number of halogens is 2. The summed E-state index contributed by atoms with van der Waals surface area (Å²) >= 11 is 0. The summed E-state index contributed by atoms with van der Waals surface area (Å²) in [5, 5.41) is 2.69. The molecule has 0 aliphatic carbocycles. The number of aryl methyl sites for hydroxylation is 1. The second-order valence-corrected chi connectivity index (χ2v) is 5.31. The Labute approximate surface area is 131 Å². The fourth-order valence-corrected chi connectivity index (χ4v) is 2.40. The zero-order valence-corrected chi connectivity index (χ0v) is 12.5. The van der Waals surface area contributed by atoms with Gasteiger partial charge in [-0.25, -0.2) is 13.8 Å². The molecule has 23 heavy (non-hydrogen) atoms. The van der Waals surface area contributed by atoms with E-state index in [-0.39, 0.29) is 5.56 Å². The van der Waals surface area contributed by atoms with E-state index in [0.29, 0.717) is 13.0 Å². The average molecular weight is 315 g/mol. The molecule has 0 aliphatic rings. The summed E-state index contributed by atoms with van der Waals surface area (Å²) in [6.07, 6.45) is 2.38. The van der Waals surface area contributed by atoms with Crippen LogP contribution < -0.4 is 5.32 Å². The van der Waals surface area contributed by atoms with Crippen molar-refractivity contribution in [3.05, 3.63) is 65.5 Å². The predicted octanol–water partition coefficient (Wildman–Crippen LogP) is 2.82. The summed E-state index contributed by atoms with van der Waals surface area (Å²) in [5.41, 5.74) is 3.09. The number of carbonyl (C=O) groups excluding carboxylic acids is 1. The van der Waals surface area contributed by atoms with Crippen LogP contribution in [0.5, 0.6) is 0 Å². The number of hydrogen-bond acceptors (Lipinski definition) is 2. The van der Waals surface area contributed by atoms with Gasteiger partial charge in [0.2, 0.25) is 0 Å². The Bertz CT molecular complexity index is 873. The van der Waals surface area contributed by atoms with Crippen LogP contribution in [0.1, 0.15) is 15.9 Å². The third-order valence-corrected chi connectivity index (χ3v) is 3.67. The van der Waals surface area contributed by atoms with Crippen LogP contribution in [0.15, 0.2) is 42.7 Å². The fourth-order valence-electron chi connectivity index (χ4n) is 2.40. The van der Waals surface area contributed by atoms with Crippen molar-refractivity contribution in [2.24, 2.45) is 7.05 Å². The average Bonchev–Trinajstić information content (AvgIpc) is 2.91. The molecule has 3 rings (SSSR count). The SMILES string of the molecule is Cn1cnc2cc(CCNC(=O)c3ccc(F)c(F)c3)ccc21. The lowest BCUT2D eigenvalue weighted by Crippen LogP contribution is -2.25. The second kappa shape index (κ2) is 6.16. The van der Waals surface area contributed by atoms with Gasteiger partial charge >= 0.3 is 0 Å². The number of rotatable bonds is 4. The molecule has 0 radical (unpaired) electrons. The molecular formula is C17H15F2N3O. The number of carbonyl (C=O) groups is 1. The van der Waals surface area contributed by atoms with Gasteiger partial charge in [0.25, 0.3) is 5.91 Å². The minimum Gasteiger partial charge on any atom is -0.352 e. The largest absolute Gasteiger partial charge is 0.352 e. The maximum absolute atomic E-state index is 13.1. The highest BCUT2D eigenvalue weighted by molar-refractivity contribution is 5.94. The summed E-state index contributed by atoms with van der Waals surface area (Å²) in [5.74, 6) is -2.42. The fraction of sp³-hybridized carbons (Fsp3) is 0.176. The van der Waals surface area contributed by atoms with Crippen molar-refractivity contribution >= 4 is 16.9 Å². The molecule has 0 atom stereocenters. The van der Waals surface area contributed by atoms with E-state index in [4.69, 9.17) is 0 Å². The molecule has 0 saturated heterocycles. The summed E-state index contributed by atoms with van der Waals surface area (Å²) in [6.45, 7) is 0.399. The summed E-state index contributed by atoms with van der Waals surface area (Å²) in [6, 6.07) is 9.03. The number of nitrogens with zero attached hydrogens (tertiary/aromatic N) is 2. The Hall–Kier alpha value is -2.76. The highest BCUT2D eigenvalue weighted by Crippen LogP contribution is 2.14. The van der Waals surface area contributed by atoms with Gasteiger partial charge in [0, 0.05) is 19.2 Å². The zero-order valence-electron chi connectivity index (χ0n) is 12.5. The van der Waals surface area contributed by atoms with Crippen molar-refractivity contribution in [1.82, 2.24) is 14.9 Å². The molecule has 6 heteroatoms. The van der Waals surface area contributed by atoms with E-state index in [1.165, 1.54) is 6.07 Å². The van der Waals surface area contributed by atoms with Crippen LogP contribution in [0.25, 0.3) is 11.0 Å². The summed E-state index contributed by atoms with van der Waals surface area (Å²) in [7, 11) is 1.93. The van der Waals surface area contributed by atoms with Gasteiger partial charge in [-0.2, -0.15) is 0 Å². The molecule has 1 aromatic heterocycles. The minimum absolute atomic E-state index is 0.101. The molecule has 1 heterocycles. The Kier molecular flexibility index (Phi) is 4.06. The summed E-state index contributed by atoms with van der Waals surface area (Å²) in [4.78, 5) is 16.2. The van der Waals surface area contributed by atoms with E-state index in [1.54, 1.807) is 6.33 Å². The highest BCUT2D eigenvalue weighted by Gasteiger charge is 2.09. The molecule has 3 aromatic rings. The van der Waals surface area contributed by atoms with E-state index < -0.39 is 17.5 Å². The first-order valence-corrected chi connectivity index (χ1v) is 7.18. The van der Waals surface area contributed by atoms with Crippen LogP contribution in [0.3, 0.4) is 0 Å². The van der Waals surface area contributed by atoms with Crippen LogP contribution >= 0.6 is 0 Å². The molecule has 4 nitrogen and oxygen atoms in total. The molecule has 1 amide bonds. The van der Waals surface area contributed by atoms with Crippen LogP contribution in [-0.2, 0) is 13.5 Å². The van der Waals surface area contributed by atoms with Gasteiger partial charge in [0.15, 0.2) is 11.6 Å². The number of imidazole rings is 1. The molecule has 0 saturated carbocycles. The van der Waals surface area contributed by atoms with Crippen molar-refractivity contribution in [1.29, 1.82) is 0 Å². The third kappa shape index (κ3) is 3.21. The first kappa shape index (κ1) is 15.1. The number of hydrogen-bond donors (Lipinski definition) is 1. The molecule has 0 bridgehead atoms. The quantitative estimate of drug-likeness (QED) is 0.805. The molecule has 0 spiro atoms. The van der Waals surface area contributed by atoms with Crippen LogP contribution in [0, 0.1) is 11.6 Å². The molecule has 0 fully saturated rings. The van der Waals surface area contributed by atoms with Gasteiger partial charge in [-0.05, 0) is 42.3 Å². The van der Waals surface area contributed by atoms with E-state index in [9.17, 15) is 13.6 Å². The van der Waals surface area contributed by atoms with Crippen molar-refractivity contribution < 1.29 is 13.6 Å². The Balaban J connectivity index is 1.61. The van der Waals surface area contributed by atoms with Crippen LogP contribution in [-0.4, -0.2) is 22.0 Å². The lowest BCUT2D eigenvalue weighted by Gasteiger charge is -2.06.